The fourth-order valence-electron chi connectivity index (χ4n) is 1.06. The Morgan fingerprint density at radius 1 is 1.31 bits per heavy atom. The van der Waals surface area contributed by atoms with E-state index >= 15 is 0 Å². The Balaban J connectivity index is 3.67. The third-order valence-corrected chi connectivity index (χ3v) is 2.63. The molecule has 1 amide bonds. The summed E-state index contributed by atoms with van der Waals surface area (Å²) >= 11 is 0. The monoisotopic (exact) mass is 230 g/mol. The molecule has 5 heteroatoms. The molecule has 5 nitrogen and oxygen atoms in total. The first-order valence-corrected chi connectivity index (χ1v) is 5.57. The van der Waals surface area contributed by atoms with Crippen molar-refractivity contribution >= 4 is 11.9 Å². The molecular weight excluding hydrogens is 208 g/mol. The molecule has 0 aliphatic rings. The SMILES string of the molecule is CC(C(=O)O)C(=O)NCCCN(C)C(C)C. The van der Waals surface area contributed by atoms with Gasteiger partial charge in [-0.25, -0.2) is 0 Å². The summed E-state index contributed by atoms with van der Waals surface area (Å²) in [6.45, 7) is 7.00. The highest BCUT2D eigenvalue weighted by molar-refractivity contribution is 5.96. The van der Waals surface area contributed by atoms with Crippen LogP contribution in [0.15, 0.2) is 0 Å². The van der Waals surface area contributed by atoms with Crippen LogP contribution in [0, 0.1) is 5.92 Å². The van der Waals surface area contributed by atoms with Gasteiger partial charge in [0.1, 0.15) is 5.92 Å². The predicted octanol–water partition coefficient (Wildman–Crippen LogP) is 0.554. The Hall–Kier alpha value is -1.10. The molecule has 0 aromatic rings. The van der Waals surface area contributed by atoms with Crippen LogP contribution >= 0.6 is 0 Å². The van der Waals surface area contributed by atoms with Gasteiger partial charge in [0, 0.05) is 12.6 Å². The lowest BCUT2D eigenvalue weighted by molar-refractivity contribution is -0.146. The first-order chi connectivity index (χ1) is 7.36. The molecule has 0 aromatic carbocycles. The second-order valence-corrected chi connectivity index (χ2v) is 4.28. The number of amides is 1. The number of hydrogen-bond acceptors (Lipinski definition) is 3. The summed E-state index contributed by atoms with van der Waals surface area (Å²) in [5, 5.41) is 11.2. The first kappa shape index (κ1) is 14.9. The second-order valence-electron chi connectivity index (χ2n) is 4.28. The van der Waals surface area contributed by atoms with Crippen molar-refractivity contribution in [2.75, 3.05) is 20.1 Å². The number of carbonyl (C=O) groups excluding carboxylic acids is 1. The zero-order valence-electron chi connectivity index (χ0n) is 10.5. The molecule has 1 unspecified atom stereocenters. The molecule has 0 radical (unpaired) electrons. The fourth-order valence-corrected chi connectivity index (χ4v) is 1.06. The van der Waals surface area contributed by atoms with Crippen LogP contribution in [0.1, 0.15) is 27.2 Å². The lowest BCUT2D eigenvalue weighted by Gasteiger charge is -2.20. The Morgan fingerprint density at radius 2 is 1.88 bits per heavy atom. The zero-order valence-corrected chi connectivity index (χ0v) is 10.5. The topological polar surface area (TPSA) is 69.6 Å². The van der Waals surface area contributed by atoms with E-state index in [9.17, 15) is 9.59 Å². The van der Waals surface area contributed by atoms with Gasteiger partial charge in [-0.2, -0.15) is 0 Å². The van der Waals surface area contributed by atoms with Gasteiger partial charge in [0.25, 0.3) is 0 Å². The molecule has 0 saturated carbocycles. The zero-order chi connectivity index (χ0) is 12.7. The number of carbonyl (C=O) groups is 2. The lowest BCUT2D eigenvalue weighted by atomic mass is 10.2. The Labute approximate surface area is 96.8 Å². The van der Waals surface area contributed by atoms with Gasteiger partial charge in [-0.3, -0.25) is 9.59 Å². The predicted molar refractivity (Wildman–Crippen MR) is 62.2 cm³/mol. The first-order valence-electron chi connectivity index (χ1n) is 5.57. The molecule has 0 rings (SSSR count). The van der Waals surface area contributed by atoms with Gasteiger partial charge >= 0.3 is 5.97 Å². The lowest BCUT2D eigenvalue weighted by Crippen LogP contribution is -2.36. The van der Waals surface area contributed by atoms with E-state index in [2.05, 4.69) is 24.1 Å². The minimum absolute atomic E-state index is 0.417. The number of carboxylic acid groups (broad SMARTS) is 1. The number of rotatable bonds is 7. The molecule has 0 saturated heterocycles. The Kier molecular flexibility index (Phi) is 6.72. The summed E-state index contributed by atoms with van der Waals surface area (Å²) in [5.41, 5.74) is 0. The third kappa shape index (κ3) is 5.70. The third-order valence-electron chi connectivity index (χ3n) is 2.63. The van der Waals surface area contributed by atoms with Gasteiger partial charge in [-0.1, -0.05) is 0 Å². The van der Waals surface area contributed by atoms with Crippen LogP contribution in [0.3, 0.4) is 0 Å². The number of nitrogens with zero attached hydrogens (tertiary/aromatic N) is 1. The van der Waals surface area contributed by atoms with E-state index in [0.29, 0.717) is 12.6 Å². The van der Waals surface area contributed by atoms with Crippen LogP contribution in [0.4, 0.5) is 0 Å². The molecule has 0 fully saturated rings. The van der Waals surface area contributed by atoms with Crippen molar-refractivity contribution in [2.24, 2.45) is 5.92 Å². The smallest absolute Gasteiger partial charge is 0.315 e. The number of nitrogens with one attached hydrogen (secondary N) is 1. The maximum Gasteiger partial charge on any atom is 0.315 e. The van der Waals surface area contributed by atoms with E-state index in [1.165, 1.54) is 6.92 Å². The van der Waals surface area contributed by atoms with Gasteiger partial charge in [0.05, 0.1) is 0 Å². The van der Waals surface area contributed by atoms with Crippen molar-refractivity contribution in [3.63, 3.8) is 0 Å². The van der Waals surface area contributed by atoms with E-state index < -0.39 is 17.8 Å². The molecule has 0 aliphatic heterocycles. The molecule has 94 valence electrons. The summed E-state index contributed by atoms with van der Waals surface area (Å²) in [6, 6.07) is 0.480. The van der Waals surface area contributed by atoms with E-state index in [-0.39, 0.29) is 0 Å². The minimum atomic E-state index is -1.09. The van der Waals surface area contributed by atoms with Gasteiger partial charge in [0.2, 0.25) is 5.91 Å². The highest BCUT2D eigenvalue weighted by atomic mass is 16.4. The summed E-state index contributed by atoms with van der Waals surface area (Å²) in [7, 11) is 2.02. The van der Waals surface area contributed by atoms with Crippen LogP contribution in [0.5, 0.6) is 0 Å². The number of aliphatic carboxylic acids is 1. The highest BCUT2D eigenvalue weighted by Gasteiger charge is 2.19. The van der Waals surface area contributed by atoms with Crippen LogP contribution in [0.25, 0.3) is 0 Å². The van der Waals surface area contributed by atoms with Crippen molar-refractivity contribution in [2.45, 2.75) is 33.2 Å². The normalized spacial score (nSPS) is 12.9. The molecule has 0 heterocycles. The number of hydrogen-bond donors (Lipinski definition) is 2. The molecule has 0 aliphatic carbocycles. The van der Waals surface area contributed by atoms with Crippen LogP contribution in [-0.4, -0.2) is 48.1 Å². The van der Waals surface area contributed by atoms with Crippen molar-refractivity contribution in [1.82, 2.24) is 10.2 Å². The maximum absolute atomic E-state index is 11.3. The number of carboxylic acids is 1. The molecule has 0 bridgehead atoms. The standard InChI is InChI=1S/C11H22N2O3/c1-8(2)13(4)7-5-6-12-10(14)9(3)11(15)16/h8-9H,5-7H2,1-4H3,(H,12,14)(H,15,16). The van der Waals surface area contributed by atoms with Crippen LogP contribution in [0.2, 0.25) is 0 Å². The molecule has 0 spiro atoms. The summed E-state index contributed by atoms with van der Waals surface area (Å²) in [6.07, 6.45) is 0.826. The van der Waals surface area contributed by atoms with E-state index in [4.69, 9.17) is 5.11 Å². The van der Waals surface area contributed by atoms with Gasteiger partial charge in [-0.15, -0.1) is 0 Å². The van der Waals surface area contributed by atoms with Crippen molar-refractivity contribution in [3.8, 4) is 0 Å². The second kappa shape index (κ2) is 7.22. The maximum atomic E-state index is 11.3. The molecule has 2 N–H and O–H groups in total. The fraction of sp³-hybridized carbons (Fsp3) is 0.818. The van der Waals surface area contributed by atoms with Crippen molar-refractivity contribution < 1.29 is 14.7 Å². The summed E-state index contributed by atoms with van der Waals surface area (Å²) in [5.74, 6) is -2.47. The average Bonchev–Trinajstić information content (AvgIpc) is 2.22. The minimum Gasteiger partial charge on any atom is -0.481 e. The average molecular weight is 230 g/mol. The molecule has 1 atom stereocenters. The molecular formula is C11H22N2O3. The van der Waals surface area contributed by atoms with E-state index in [0.717, 1.165) is 13.0 Å². The van der Waals surface area contributed by atoms with Gasteiger partial charge < -0.3 is 15.3 Å². The van der Waals surface area contributed by atoms with E-state index in [1.807, 2.05) is 7.05 Å². The van der Waals surface area contributed by atoms with Crippen LogP contribution < -0.4 is 5.32 Å². The van der Waals surface area contributed by atoms with Gasteiger partial charge in [0.15, 0.2) is 0 Å². The largest absolute Gasteiger partial charge is 0.481 e. The van der Waals surface area contributed by atoms with Crippen molar-refractivity contribution in [3.05, 3.63) is 0 Å². The summed E-state index contributed by atoms with van der Waals surface area (Å²) in [4.78, 5) is 23.9. The van der Waals surface area contributed by atoms with Crippen LogP contribution in [-0.2, 0) is 9.59 Å². The molecule has 0 aromatic heterocycles. The Morgan fingerprint density at radius 3 is 2.31 bits per heavy atom. The van der Waals surface area contributed by atoms with Crippen molar-refractivity contribution in [1.29, 1.82) is 0 Å². The summed E-state index contributed by atoms with van der Waals surface area (Å²) < 4.78 is 0. The highest BCUT2D eigenvalue weighted by Crippen LogP contribution is 1.96. The molecule has 16 heavy (non-hydrogen) atoms. The Bertz CT molecular complexity index is 241. The van der Waals surface area contributed by atoms with E-state index in [1.54, 1.807) is 0 Å². The quantitative estimate of drug-likeness (QED) is 0.495. The van der Waals surface area contributed by atoms with Gasteiger partial charge in [-0.05, 0) is 40.8 Å².